The molecule has 0 atom stereocenters. The van der Waals surface area contributed by atoms with Gasteiger partial charge in [0.15, 0.2) is 5.65 Å². The van der Waals surface area contributed by atoms with Gasteiger partial charge in [0.1, 0.15) is 5.82 Å². The molecule has 0 aliphatic rings. The number of hydrogen-bond donors (Lipinski definition) is 2. The summed E-state index contributed by atoms with van der Waals surface area (Å²) in [4.78, 5) is 11.7. The minimum absolute atomic E-state index is 0.670. The van der Waals surface area contributed by atoms with Crippen molar-refractivity contribution in [3.05, 3.63) is 18.1 Å². The average molecular weight is 190 g/mol. The fourth-order valence-corrected chi connectivity index (χ4v) is 1.43. The molecular formula is C10H14N4. The summed E-state index contributed by atoms with van der Waals surface area (Å²) < 4.78 is 0. The molecule has 2 rings (SSSR count). The van der Waals surface area contributed by atoms with E-state index in [2.05, 4.69) is 21.9 Å². The Morgan fingerprint density at radius 2 is 2.36 bits per heavy atom. The van der Waals surface area contributed by atoms with Crippen molar-refractivity contribution in [1.29, 1.82) is 0 Å². The highest BCUT2D eigenvalue weighted by Crippen LogP contribution is 2.12. The third-order valence-corrected chi connectivity index (χ3v) is 2.17. The van der Waals surface area contributed by atoms with Gasteiger partial charge in [-0.2, -0.15) is 0 Å². The predicted octanol–water partition coefficient (Wildman–Crippen LogP) is 1.88. The van der Waals surface area contributed by atoms with Gasteiger partial charge in [-0.15, -0.1) is 0 Å². The molecule has 3 N–H and O–H groups in total. The molecule has 0 saturated carbocycles. The van der Waals surface area contributed by atoms with E-state index in [1.807, 2.05) is 6.07 Å². The lowest BCUT2D eigenvalue weighted by Gasteiger charge is -1.90. The number of aromatic amines is 1. The number of aryl methyl sites for hydroxylation is 1. The minimum atomic E-state index is 0.670. The number of unbranched alkanes of at least 4 members (excludes halogenated alkanes) is 1. The molecular weight excluding hydrogens is 176 g/mol. The van der Waals surface area contributed by atoms with Crippen LogP contribution in [0.25, 0.3) is 11.2 Å². The molecule has 0 fully saturated rings. The van der Waals surface area contributed by atoms with Crippen molar-refractivity contribution in [2.45, 2.75) is 26.2 Å². The molecule has 0 amide bonds. The fraction of sp³-hybridized carbons (Fsp3) is 0.400. The largest absolute Gasteiger partial charge is 0.397 e. The molecule has 2 aromatic rings. The molecule has 74 valence electrons. The second-order valence-corrected chi connectivity index (χ2v) is 3.43. The molecule has 2 heterocycles. The zero-order valence-corrected chi connectivity index (χ0v) is 8.25. The smallest absolute Gasteiger partial charge is 0.177 e. The third kappa shape index (κ3) is 1.69. The number of hydrogen-bond acceptors (Lipinski definition) is 3. The molecule has 0 aliphatic carbocycles. The van der Waals surface area contributed by atoms with E-state index < -0.39 is 0 Å². The summed E-state index contributed by atoms with van der Waals surface area (Å²) >= 11 is 0. The van der Waals surface area contributed by atoms with Crippen LogP contribution in [0.3, 0.4) is 0 Å². The zero-order chi connectivity index (χ0) is 9.97. The van der Waals surface area contributed by atoms with E-state index in [0.29, 0.717) is 5.69 Å². The van der Waals surface area contributed by atoms with E-state index in [4.69, 9.17) is 5.73 Å². The van der Waals surface area contributed by atoms with Crippen LogP contribution in [-0.2, 0) is 6.42 Å². The van der Waals surface area contributed by atoms with Crippen LogP contribution in [0.1, 0.15) is 25.6 Å². The van der Waals surface area contributed by atoms with E-state index in [0.717, 1.165) is 29.8 Å². The standard InChI is InChI=1S/C10H14N4/c1-2-3-4-9-13-8-5-7(11)6-12-10(8)14-9/h5-6H,2-4,11H2,1H3,(H,12,13,14). The Morgan fingerprint density at radius 3 is 3.14 bits per heavy atom. The summed E-state index contributed by atoms with van der Waals surface area (Å²) in [6.07, 6.45) is 4.93. The Balaban J connectivity index is 2.32. The van der Waals surface area contributed by atoms with Crippen LogP contribution in [0.4, 0.5) is 5.69 Å². The van der Waals surface area contributed by atoms with Crippen molar-refractivity contribution in [2.24, 2.45) is 0 Å². The number of aromatic nitrogens is 3. The Kier molecular flexibility index (Phi) is 2.35. The molecule has 4 heteroatoms. The molecule has 0 unspecified atom stereocenters. The summed E-state index contributed by atoms with van der Waals surface area (Å²) in [6.45, 7) is 2.17. The molecule has 0 bridgehead atoms. The minimum Gasteiger partial charge on any atom is -0.397 e. The van der Waals surface area contributed by atoms with E-state index in [-0.39, 0.29) is 0 Å². The first-order chi connectivity index (χ1) is 6.79. The van der Waals surface area contributed by atoms with Crippen LogP contribution >= 0.6 is 0 Å². The molecule has 4 nitrogen and oxygen atoms in total. The molecule has 2 aromatic heterocycles. The summed E-state index contributed by atoms with van der Waals surface area (Å²) in [5.41, 5.74) is 7.97. The number of nitrogens with zero attached hydrogens (tertiary/aromatic N) is 2. The number of imidazole rings is 1. The number of nitrogen functional groups attached to an aromatic ring is 1. The quantitative estimate of drug-likeness (QED) is 0.776. The number of fused-ring (bicyclic) bond motifs is 1. The molecule has 14 heavy (non-hydrogen) atoms. The van der Waals surface area contributed by atoms with Gasteiger partial charge < -0.3 is 10.7 Å². The second-order valence-electron chi connectivity index (χ2n) is 3.43. The van der Waals surface area contributed by atoms with Crippen molar-refractivity contribution < 1.29 is 0 Å². The number of anilines is 1. The van der Waals surface area contributed by atoms with Crippen LogP contribution in [0, 0.1) is 0 Å². The number of nitrogens with two attached hydrogens (primary N) is 1. The topological polar surface area (TPSA) is 67.6 Å². The van der Waals surface area contributed by atoms with Crippen molar-refractivity contribution in [1.82, 2.24) is 15.0 Å². The lowest BCUT2D eigenvalue weighted by molar-refractivity contribution is 0.764. The van der Waals surface area contributed by atoms with E-state index in [9.17, 15) is 0 Å². The zero-order valence-electron chi connectivity index (χ0n) is 8.25. The monoisotopic (exact) mass is 190 g/mol. The number of pyridine rings is 1. The first-order valence-corrected chi connectivity index (χ1v) is 4.89. The van der Waals surface area contributed by atoms with Gasteiger partial charge in [0, 0.05) is 6.42 Å². The third-order valence-electron chi connectivity index (χ3n) is 2.17. The summed E-state index contributed by atoms with van der Waals surface area (Å²) in [5, 5.41) is 0. The predicted molar refractivity (Wildman–Crippen MR) is 56.9 cm³/mol. The molecule has 0 aromatic carbocycles. The highest BCUT2D eigenvalue weighted by molar-refractivity contribution is 5.73. The Labute approximate surface area is 82.6 Å². The van der Waals surface area contributed by atoms with E-state index in [1.165, 1.54) is 6.42 Å². The van der Waals surface area contributed by atoms with Crippen LogP contribution < -0.4 is 5.73 Å². The van der Waals surface area contributed by atoms with Gasteiger partial charge in [-0.05, 0) is 12.5 Å². The van der Waals surface area contributed by atoms with Crippen molar-refractivity contribution in [3.8, 4) is 0 Å². The fourth-order valence-electron chi connectivity index (χ4n) is 1.43. The van der Waals surface area contributed by atoms with Gasteiger partial charge in [0.05, 0.1) is 17.4 Å². The van der Waals surface area contributed by atoms with Gasteiger partial charge in [-0.25, -0.2) is 9.97 Å². The van der Waals surface area contributed by atoms with Crippen LogP contribution in [0.15, 0.2) is 12.3 Å². The summed E-state index contributed by atoms with van der Waals surface area (Å²) in [6, 6.07) is 1.87. The van der Waals surface area contributed by atoms with E-state index in [1.54, 1.807) is 6.20 Å². The number of rotatable bonds is 3. The highest BCUT2D eigenvalue weighted by atomic mass is 15.0. The SMILES string of the molecule is CCCCc1nc2ncc(N)cc2[nH]1. The lowest BCUT2D eigenvalue weighted by Crippen LogP contribution is -1.86. The maximum Gasteiger partial charge on any atom is 0.177 e. The van der Waals surface area contributed by atoms with Crippen molar-refractivity contribution in [2.75, 3.05) is 5.73 Å². The average Bonchev–Trinajstić information content (AvgIpc) is 2.56. The molecule has 0 radical (unpaired) electrons. The number of H-pyrrole nitrogens is 1. The molecule has 0 aliphatic heterocycles. The summed E-state index contributed by atoms with van der Waals surface area (Å²) in [7, 11) is 0. The van der Waals surface area contributed by atoms with Gasteiger partial charge in [-0.1, -0.05) is 13.3 Å². The Morgan fingerprint density at radius 1 is 1.50 bits per heavy atom. The molecule has 0 spiro atoms. The Hall–Kier alpha value is -1.58. The first-order valence-electron chi connectivity index (χ1n) is 4.89. The first kappa shape index (κ1) is 8.99. The van der Waals surface area contributed by atoms with Crippen molar-refractivity contribution in [3.63, 3.8) is 0 Å². The maximum absolute atomic E-state index is 5.62. The van der Waals surface area contributed by atoms with Crippen LogP contribution in [0.2, 0.25) is 0 Å². The second kappa shape index (κ2) is 3.65. The van der Waals surface area contributed by atoms with Crippen LogP contribution in [0.5, 0.6) is 0 Å². The summed E-state index contributed by atoms with van der Waals surface area (Å²) in [5.74, 6) is 1.000. The van der Waals surface area contributed by atoms with Crippen LogP contribution in [-0.4, -0.2) is 15.0 Å². The molecule has 0 saturated heterocycles. The van der Waals surface area contributed by atoms with Gasteiger partial charge in [0.25, 0.3) is 0 Å². The van der Waals surface area contributed by atoms with Crippen molar-refractivity contribution >= 4 is 16.9 Å². The highest BCUT2D eigenvalue weighted by Gasteiger charge is 2.02. The Bertz CT molecular complexity index is 433. The van der Waals surface area contributed by atoms with E-state index >= 15 is 0 Å². The normalized spacial score (nSPS) is 10.9. The van der Waals surface area contributed by atoms with Gasteiger partial charge in [0.2, 0.25) is 0 Å². The maximum atomic E-state index is 5.62. The van der Waals surface area contributed by atoms with Gasteiger partial charge >= 0.3 is 0 Å². The van der Waals surface area contributed by atoms with Gasteiger partial charge in [-0.3, -0.25) is 0 Å². The lowest BCUT2D eigenvalue weighted by atomic mass is 10.2. The number of nitrogens with one attached hydrogen (secondary N) is 1.